The van der Waals surface area contributed by atoms with E-state index in [1.165, 1.54) is 0 Å². The summed E-state index contributed by atoms with van der Waals surface area (Å²) < 4.78 is 5.33. The van der Waals surface area contributed by atoms with Gasteiger partial charge in [-0.1, -0.05) is 18.2 Å². The van der Waals surface area contributed by atoms with E-state index in [4.69, 9.17) is 9.76 Å². The molecule has 0 radical (unpaired) electrons. The first-order chi connectivity index (χ1) is 13.4. The number of amides is 1. The Kier molecular flexibility index (Phi) is 8.58. The number of nitrogens with one attached hydrogen (secondary N) is 3. The molecule has 0 spiro atoms. The highest BCUT2D eigenvalue weighted by atomic mass is 16.5. The van der Waals surface area contributed by atoms with Crippen molar-refractivity contribution in [3.8, 4) is 0 Å². The second-order valence-corrected chi connectivity index (χ2v) is 6.69. The third kappa shape index (κ3) is 6.72. The molecule has 2 atom stereocenters. The van der Waals surface area contributed by atoms with Gasteiger partial charge in [0.05, 0.1) is 30.6 Å². The highest BCUT2D eigenvalue weighted by Gasteiger charge is 2.32. The van der Waals surface area contributed by atoms with Gasteiger partial charge in [-0.05, 0) is 31.6 Å². The number of carboxylic acids is 1. The Morgan fingerprint density at radius 2 is 2.07 bits per heavy atom. The van der Waals surface area contributed by atoms with Gasteiger partial charge >= 0.3 is 13.1 Å². The molecule has 1 aliphatic heterocycles. The second-order valence-electron chi connectivity index (χ2n) is 6.69. The Morgan fingerprint density at radius 3 is 2.75 bits per heavy atom. The third-order valence-electron chi connectivity index (χ3n) is 4.31. The van der Waals surface area contributed by atoms with E-state index in [1.54, 1.807) is 18.3 Å². The fraction of sp³-hybridized carbons (Fsp3) is 0.500. The van der Waals surface area contributed by atoms with Crippen LogP contribution in [0.15, 0.2) is 24.4 Å². The van der Waals surface area contributed by atoms with E-state index in [0.717, 1.165) is 16.8 Å². The van der Waals surface area contributed by atoms with Gasteiger partial charge in [0, 0.05) is 19.3 Å². The van der Waals surface area contributed by atoms with Crippen LogP contribution in [0.4, 0.5) is 0 Å². The van der Waals surface area contributed by atoms with Crippen molar-refractivity contribution in [1.82, 2.24) is 20.9 Å². The molecule has 0 bridgehead atoms. The normalized spacial score (nSPS) is 19.3. The molecule has 1 aliphatic rings. The Bertz CT molecular complexity index is 715. The van der Waals surface area contributed by atoms with E-state index < -0.39 is 25.1 Å². The fourth-order valence-corrected chi connectivity index (χ4v) is 3.03. The maximum absolute atomic E-state index is 12.4. The number of carboxylic acid groups (broad SMARTS) is 1. The van der Waals surface area contributed by atoms with Crippen molar-refractivity contribution in [3.05, 3.63) is 41.2 Å². The lowest BCUT2D eigenvalue weighted by Crippen LogP contribution is -2.48. The number of aromatic nitrogens is 1. The van der Waals surface area contributed by atoms with E-state index in [2.05, 4.69) is 20.9 Å². The fourth-order valence-electron chi connectivity index (χ4n) is 3.03. The van der Waals surface area contributed by atoms with Crippen LogP contribution >= 0.6 is 0 Å². The molecule has 2 heterocycles. The van der Waals surface area contributed by atoms with Crippen LogP contribution in [0.3, 0.4) is 0 Å². The Hall–Kier alpha value is -2.27. The molecule has 5 N–H and O–H groups in total. The lowest BCUT2D eigenvalue weighted by Gasteiger charge is -2.20. The van der Waals surface area contributed by atoms with Gasteiger partial charge in [-0.25, -0.2) is 0 Å². The van der Waals surface area contributed by atoms with E-state index in [9.17, 15) is 14.6 Å². The molecule has 1 amide bonds. The number of rotatable bonds is 9. The van der Waals surface area contributed by atoms with Gasteiger partial charge in [-0.3, -0.25) is 14.6 Å². The van der Waals surface area contributed by atoms with Crippen LogP contribution in [0.2, 0.25) is 0 Å². The molecule has 10 heteroatoms. The van der Waals surface area contributed by atoms with Crippen molar-refractivity contribution < 1.29 is 24.4 Å². The van der Waals surface area contributed by atoms with Crippen LogP contribution in [-0.4, -0.2) is 60.2 Å². The molecule has 1 aromatic rings. The first-order valence-corrected chi connectivity index (χ1v) is 9.20. The summed E-state index contributed by atoms with van der Waals surface area (Å²) in [6.07, 6.45) is 4.50. The quantitative estimate of drug-likeness (QED) is 0.279. The SMILES string of the molecule is CNCc1cc(CC(=O)N[C@H]2CC=C[C@H](CC(=O)O)OB2O)cnc1CNC. The first kappa shape index (κ1) is 22.0. The molecule has 152 valence electrons. The summed E-state index contributed by atoms with van der Waals surface area (Å²) in [5, 5.41) is 27.9. The lowest BCUT2D eigenvalue weighted by atomic mass is 9.77. The molecule has 0 unspecified atom stereocenters. The van der Waals surface area contributed by atoms with E-state index in [1.807, 2.05) is 20.2 Å². The van der Waals surface area contributed by atoms with Gasteiger partial charge in [0.25, 0.3) is 0 Å². The molecule has 28 heavy (non-hydrogen) atoms. The Balaban J connectivity index is 1.97. The van der Waals surface area contributed by atoms with Crippen molar-refractivity contribution in [2.45, 2.75) is 44.4 Å². The number of carbonyl (C=O) groups is 2. The summed E-state index contributed by atoms with van der Waals surface area (Å²) in [6, 6.07) is 1.94. The monoisotopic (exact) mass is 390 g/mol. The standard InChI is InChI=1S/C18H27BN4O5/c1-20-10-13-6-12(9-22-15(13)11-21-2)7-17(24)23-16-5-3-4-14(8-18(25)26)28-19(16)27/h3-4,6,9,14,16,20-21,27H,5,7-8,10-11H2,1-2H3,(H,23,24)(H,25,26)/t14-,16+/m1/s1. The van der Waals surface area contributed by atoms with E-state index >= 15 is 0 Å². The van der Waals surface area contributed by atoms with Crippen LogP contribution in [0, 0.1) is 0 Å². The van der Waals surface area contributed by atoms with Crippen molar-refractivity contribution in [3.63, 3.8) is 0 Å². The highest BCUT2D eigenvalue weighted by molar-refractivity contribution is 6.45. The van der Waals surface area contributed by atoms with Gasteiger partial charge in [0.15, 0.2) is 0 Å². The molecular formula is C18H27BN4O5. The predicted octanol–water partition coefficient (Wildman–Crippen LogP) is -0.613. The van der Waals surface area contributed by atoms with Crippen LogP contribution in [0.1, 0.15) is 29.7 Å². The van der Waals surface area contributed by atoms with E-state index in [0.29, 0.717) is 19.5 Å². The zero-order valence-corrected chi connectivity index (χ0v) is 16.1. The predicted molar refractivity (Wildman–Crippen MR) is 104 cm³/mol. The number of nitrogens with zero attached hydrogens (tertiary/aromatic N) is 1. The zero-order chi connectivity index (χ0) is 20.5. The van der Waals surface area contributed by atoms with Gasteiger partial charge in [0.1, 0.15) is 0 Å². The third-order valence-corrected chi connectivity index (χ3v) is 4.31. The van der Waals surface area contributed by atoms with Gasteiger partial charge < -0.3 is 30.7 Å². The van der Waals surface area contributed by atoms with Crippen LogP contribution in [0.25, 0.3) is 0 Å². The van der Waals surface area contributed by atoms with E-state index in [-0.39, 0.29) is 18.7 Å². The summed E-state index contributed by atoms with van der Waals surface area (Å²) in [6.45, 7) is 1.28. The minimum Gasteiger partial charge on any atom is -0.481 e. The average Bonchev–Trinajstić information content (AvgIpc) is 2.78. The minimum absolute atomic E-state index is 0.120. The second kappa shape index (κ2) is 10.9. The topological polar surface area (TPSA) is 133 Å². The van der Waals surface area contributed by atoms with Gasteiger partial charge in [0.2, 0.25) is 5.91 Å². The molecular weight excluding hydrogens is 363 g/mol. The van der Waals surface area contributed by atoms with Gasteiger partial charge in [-0.2, -0.15) is 0 Å². The largest absolute Gasteiger partial charge is 0.481 e. The van der Waals surface area contributed by atoms with Crippen molar-refractivity contribution >= 4 is 19.0 Å². The van der Waals surface area contributed by atoms with Gasteiger partial charge in [-0.15, -0.1) is 0 Å². The molecule has 0 saturated heterocycles. The summed E-state index contributed by atoms with van der Waals surface area (Å²) in [5.74, 6) is -1.93. The summed E-state index contributed by atoms with van der Waals surface area (Å²) in [5.41, 5.74) is 2.70. The molecule has 2 rings (SSSR count). The van der Waals surface area contributed by atoms with Crippen molar-refractivity contribution in [2.24, 2.45) is 0 Å². The maximum atomic E-state index is 12.4. The van der Waals surface area contributed by atoms with Crippen molar-refractivity contribution in [2.75, 3.05) is 14.1 Å². The Labute approximate surface area is 164 Å². The minimum atomic E-state index is -1.28. The van der Waals surface area contributed by atoms with Crippen LogP contribution in [0.5, 0.6) is 0 Å². The lowest BCUT2D eigenvalue weighted by molar-refractivity contribution is -0.138. The Morgan fingerprint density at radius 1 is 1.32 bits per heavy atom. The molecule has 0 aliphatic carbocycles. The van der Waals surface area contributed by atoms with Crippen LogP contribution < -0.4 is 16.0 Å². The smallest absolute Gasteiger partial charge is 0.478 e. The molecule has 0 fully saturated rings. The number of hydrogen-bond donors (Lipinski definition) is 5. The highest BCUT2D eigenvalue weighted by Crippen LogP contribution is 2.13. The number of pyridine rings is 1. The summed E-state index contributed by atoms with van der Waals surface area (Å²) in [4.78, 5) is 27.7. The summed E-state index contributed by atoms with van der Waals surface area (Å²) >= 11 is 0. The molecule has 9 nitrogen and oxygen atoms in total. The number of aliphatic carboxylic acids is 1. The first-order valence-electron chi connectivity index (χ1n) is 9.20. The number of carbonyl (C=O) groups excluding carboxylic acids is 1. The van der Waals surface area contributed by atoms with Crippen LogP contribution in [-0.2, 0) is 33.8 Å². The molecule has 0 aromatic carbocycles. The summed E-state index contributed by atoms with van der Waals surface area (Å²) in [7, 11) is 2.42. The number of hydrogen-bond acceptors (Lipinski definition) is 7. The van der Waals surface area contributed by atoms with Crippen molar-refractivity contribution in [1.29, 1.82) is 0 Å². The molecule has 1 aromatic heterocycles. The molecule has 0 saturated carbocycles. The average molecular weight is 390 g/mol. The zero-order valence-electron chi connectivity index (χ0n) is 16.1. The maximum Gasteiger partial charge on any atom is 0.478 e.